The molecule has 2 atom stereocenters. The van der Waals surface area contributed by atoms with Gasteiger partial charge in [0, 0.05) is 12.0 Å². The van der Waals surface area contributed by atoms with E-state index < -0.39 is 0 Å². The molecule has 194 valence electrons. The molecule has 0 aliphatic heterocycles. The topological polar surface area (TPSA) is 35.5 Å². The Morgan fingerprint density at radius 3 is 2.20 bits per heavy atom. The zero-order valence-corrected chi connectivity index (χ0v) is 22.8. The zero-order chi connectivity index (χ0) is 25.5. The minimum Gasteiger partial charge on any atom is -0.491 e. The standard InChI is InChI=1S/C31H48NO3/c1-6-7-8-9-10-12-15-28-18-20-30(21-19-28)35-27(3)22-23-34-31(33)26(2)24-32(4,5)25-29-16-13-11-14-17-29/h11,13-14,16-21,26-27H,6-10,12,15,22-25H2,1-5H3/q+1. The van der Waals surface area contributed by atoms with Gasteiger partial charge in [-0.2, -0.15) is 0 Å². The summed E-state index contributed by atoms with van der Waals surface area (Å²) >= 11 is 0. The van der Waals surface area contributed by atoms with E-state index >= 15 is 0 Å². The summed E-state index contributed by atoms with van der Waals surface area (Å²) in [7, 11) is 4.32. The van der Waals surface area contributed by atoms with Gasteiger partial charge in [0.25, 0.3) is 0 Å². The third-order valence-electron chi connectivity index (χ3n) is 6.47. The number of benzene rings is 2. The van der Waals surface area contributed by atoms with E-state index in [-0.39, 0.29) is 18.0 Å². The first kappa shape index (κ1) is 28.9. The molecule has 0 N–H and O–H groups in total. The summed E-state index contributed by atoms with van der Waals surface area (Å²) < 4.78 is 12.4. The van der Waals surface area contributed by atoms with Gasteiger partial charge >= 0.3 is 5.97 Å². The molecule has 2 rings (SSSR count). The molecule has 0 saturated carbocycles. The van der Waals surface area contributed by atoms with Gasteiger partial charge < -0.3 is 14.0 Å². The number of hydrogen-bond donors (Lipinski definition) is 0. The van der Waals surface area contributed by atoms with Gasteiger partial charge in [0.1, 0.15) is 18.2 Å². The number of aryl methyl sites for hydroxylation is 1. The largest absolute Gasteiger partial charge is 0.491 e. The van der Waals surface area contributed by atoms with Crippen molar-refractivity contribution in [1.29, 1.82) is 0 Å². The summed E-state index contributed by atoms with van der Waals surface area (Å²) in [5.41, 5.74) is 2.65. The molecule has 0 bridgehead atoms. The fraction of sp³-hybridized carbons (Fsp3) is 0.581. The Morgan fingerprint density at radius 2 is 1.51 bits per heavy atom. The van der Waals surface area contributed by atoms with Crippen LogP contribution >= 0.6 is 0 Å². The van der Waals surface area contributed by atoms with Crippen LogP contribution in [0.5, 0.6) is 5.75 Å². The van der Waals surface area contributed by atoms with Crippen molar-refractivity contribution in [2.75, 3.05) is 27.2 Å². The number of carbonyl (C=O) groups is 1. The average Bonchev–Trinajstić information content (AvgIpc) is 2.82. The number of carbonyl (C=O) groups excluding carboxylic acids is 1. The summed E-state index contributed by atoms with van der Waals surface area (Å²) in [5.74, 6) is 0.600. The van der Waals surface area contributed by atoms with E-state index in [1.165, 1.54) is 49.7 Å². The minimum absolute atomic E-state index is 0.00664. The van der Waals surface area contributed by atoms with Crippen molar-refractivity contribution in [1.82, 2.24) is 0 Å². The molecule has 0 heterocycles. The van der Waals surface area contributed by atoms with E-state index in [1.54, 1.807) is 0 Å². The predicted molar refractivity (Wildman–Crippen MR) is 145 cm³/mol. The molecule has 4 heteroatoms. The number of unbranched alkanes of at least 4 members (excludes halogenated alkanes) is 5. The van der Waals surface area contributed by atoms with Gasteiger partial charge in [0.05, 0.1) is 33.4 Å². The summed E-state index contributed by atoms with van der Waals surface area (Å²) in [4.78, 5) is 12.5. The Bertz CT molecular complexity index is 832. The highest BCUT2D eigenvalue weighted by Gasteiger charge is 2.25. The molecule has 0 spiro atoms. The van der Waals surface area contributed by atoms with E-state index in [1.807, 2.05) is 19.9 Å². The van der Waals surface area contributed by atoms with Crippen LogP contribution in [-0.2, 0) is 22.5 Å². The van der Waals surface area contributed by atoms with E-state index in [0.717, 1.165) is 29.7 Å². The molecule has 0 aliphatic rings. The minimum atomic E-state index is -0.149. The lowest BCUT2D eigenvalue weighted by atomic mass is 10.0. The lowest BCUT2D eigenvalue weighted by molar-refractivity contribution is -0.905. The second-order valence-corrected chi connectivity index (χ2v) is 10.7. The fourth-order valence-electron chi connectivity index (χ4n) is 4.56. The van der Waals surface area contributed by atoms with Crippen LogP contribution in [0.2, 0.25) is 0 Å². The second-order valence-electron chi connectivity index (χ2n) is 10.7. The quantitative estimate of drug-likeness (QED) is 0.136. The Labute approximate surface area is 214 Å². The van der Waals surface area contributed by atoms with Crippen LogP contribution in [-0.4, -0.2) is 43.8 Å². The maximum atomic E-state index is 12.5. The molecule has 0 amide bonds. The van der Waals surface area contributed by atoms with E-state index in [2.05, 4.69) is 69.6 Å². The molecule has 0 fully saturated rings. The highest BCUT2D eigenvalue weighted by molar-refractivity contribution is 5.72. The summed E-state index contributed by atoms with van der Waals surface area (Å²) in [6.07, 6.45) is 9.75. The lowest BCUT2D eigenvalue weighted by Gasteiger charge is -2.32. The highest BCUT2D eigenvalue weighted by atomic mass is 16.5. The molecule has 0 aliphatic carbocycles. The van der Waals surface area contributed by atoms with Crippen molar-refractivity contribution >= 4 is 5.97 Å². The molecule has 2 aromatic carbocycles. The van der Waals surface area contributed by atoms with Crippen LogP contribution in [0.3, 0.4) is 0 Å². The van der Waals surface area contributed by atoms with E-state index in [4.69, 9.17) is 9.47 Å². The molecule has 4 nitrogen and oxygen atoms in total. The number of esters is 1. The number of ether oxygens (including phenoxy) is 2. The Hall–Kier alpha value is -2.33. The maximum absolute atomic E-state index is 12.5. The average molecular weight is 483 g/mol. The third-order valence-corrected chi connectivity index (χ3v) is 6.47. The lowest BCUT2D eigenvalue weighted by Crippen LogP contribution is -2.44. The maximum Gasteiger partial charge on any atom is 0.314 e. The number of quaternary nitrogens is 1. The smallest absolute Gasteiger partial charge is 0.314 e. The van der Waals surface area contributed by atoms with Crippen molar-refractivity contribution in [3.8, 4) is 5.75 Å². The van der Waals surface area contributed by atoms with Crippen molar-refractivity contribution < 1.29 is 18.8 Å². The SMILES string of the molecule is CCCCCCCCc1ccc(OC(C)CCOC(=O)C(C)C[N+](C)(C)Cc2ccccc2)cc1. The normalized spacial score (nSPS) is 13.3. The Balaban J connectivity index is 1.64. The molecule has 2 aromatic rings. The molecule has 0 saturated heterocycles. The Morgan fingerprint density at radius 1 is 0.857 bits per heavy atom. The van der Waals surface area contributed by atoms with Crippen LogP contribution in [0.15, 0.2) is 54.6 Å². The predicted octanol–water partition coefficient (Wildman–Crippen LogP) is 7.20. The summed E-state index contributed by atoms with van der Waals surface area (Å²) in [6, 6.07) is 18.9. The zero-order valence-electron chi connectivity index (χ0n) is 22.8. The fourth-order valence-corrected chi connectivity index (χ4v) is 4.56. The third kappa shape index (κ3) is 12.3. The molecule has 35 heavy (non-hydrogen) atoms. The first-order valence-electron chi connectivity index (χ1n) is 13.6. The summed E-state index contributed by atoms with van der Waals surface area (Å²) in [5, 5.41) is 0. The number of nitrogens with zero attached hydrogens (tertiary/aromatic N) is 1. The van der Waals surface area contributed by atoms with Crippen molar-refractivity contribution in [3.63, 3.8) is 0 Å². The van der Waals surface area contributed by atoms with Crippen molar-refractivity contribution in [2.45, 2.75) is 84.8 Å². The highest BCUT2D eigenvalue weighted by Crippen LogP contribution is 2.18. The van der Waals surface area contributed by atoms with Crippen molar-refractivity contribution in [3.05, 3.63) is 65.7 Å². The second kappa shape index (κ2) is 15.6. The van der Waals surface area contributed by atoms with Gasteiger partial charge in [-0.3, -0.25) is 4.79 Å². The van der Waals surface area contributed by atoms with Crippen LogP contribution in [0.4, 0.5) is 0 Å². The van der Waals surface area contributed by atoms with Gasteiger partial charge in [-0.15, -0.1) is 0 Å². The summed E-state index contributed by atoms with van der Waals surface area (Å²) in [6.45, 7) is 8.26. The molecule has 0 aromatic heterocycles. The van der Waals surface area contributed by atoms with Gasteiger partial charge in [0.2, 0.25) is 0 Å². The molecular weight excluding hydrogens is 434 g/mol. The Kier molecular flexibility index (Phi) is 12.9. The van der Waals surface area contributed by atoms with Gasteiger partial charge in [-0.05, 0) is 44.4 Å². The van der Waals surface area contributed by atoms with Crippen LogP contribution in [0.1, 0.15) is 76.8 Å². The van der Waals surface area contributed by atoms with E-state index in [0.29, 0.717) is 13.0 Å². The van der Waals surface area contributed by atoms with Gasteiger partial charge in [-0.1, -0.05) is 81.5 Å². The molecule has 0 radical (unpaired) electrons. The van der Waals surface area contributed by atoms with Crippen LogP contribution in [0, 0.1) is 5.92 Å². The van der Waals surface area contributed by atoms with E-state index in [9.17, 15) is 4.79 Å². The van der Waals surface area contributed by atoms with Crippen LogP contribution < -0.4 is 4.74 Å². The van der Waals surface area contributed by atoms with Crippen molar-refractivity contribution in [2.24, 2.45) is 5.92 Å². The first-order chi connectivity index (χ1) is 16.8. The number of hydrogen-bond acceptors (Lipinski definition) is 3. The first-order valence-corrected chi connectivity index (χ1v) is 13.6. The monoisotopic (exact) mass is 482 g/mol. The van der Waals surface area contributed by atoms with Crippen LogP contribution in [0.25, 0.3) is 0 Å². The number of rotatable bonds is 17. The molecule has 2 unspecified atom stereocenters. The molecular formula is C31H48NO3+. The van der Waals surface area contributed by atoms with Gasteiger partial charge in [0.15, 0.2) is 0 Å². The van der Waals surface area contributed by atoms with Gasteiger partial charge in [-0.25, -0.2) is 0 Å².